The van der Waals surface area contributed by atoms with Gasteiger partial charge in [0.25, 0.3) is 0 Å². The summed E-state index contributed by atoms with van der Waals surface area (Å²) in [6.45, 7) is 3.99. The van der Waals surface area contributed by atoms with E-state index in [0.717, 1.165) is 18.4 Å². The zero-order valence-corrected chi connectivity index (χ0v) is 12.6. The Kier molecular flexibility index (Phi) is 5.15. The van der Waals surface area contributed by atoms with Crippen LogP contribution in [0, 0.1) is 6.92 Å². The van der Waals surface area contributed by atoms with Crippen LogP contribution in [0.25, 0.3) is 0 Å². The lowest BCUT2D eigenvalue weighted by Crippen LogP contribution is -2.41. The van der Waals surface area contributed by atoms with Gasteiger partial charge in [-0.15, -0.1) is 0 Å². The van der Waals surface area contributed by atoms with Gasteiger partial charge in [-0.25, -0.2) is 8.42 Å². The lowest BCUT2D eigenvalue weighted by Gasteiger charge is -2.31. The molecule has 0 spiro atoms. The second-order valence-corrected chi connectivity index (χ2v) is 7.01. The summed E-state index contributed by atoms with van der Waals surface area (Å²) in [4.78, 5) is 0.365. The van der Waals surface area contributed by atoms with Crippen molar-refractivity contribution in [2.24, 2.45) is 5.73 Å². The maximum Gasteiger partial charge on any atom is 0.243 e. The summed E-state index contributed by atoms with van der Waals surface area (Å²) in [5.74, 6) is 0. The van der Waals surface area contributed by atoms with Crippen LogP contribution in [0.4, 0.5) is 0 Å². The highest BCUT2D eigenvalue weighted by molar-refractivity contribution is 7.89. The third-order valence-corrected chi connectivity index (χ3v) is 5.44. The van der Waals surface area contributed by atoms with Crippen molar-refractivity contribution in [3.05, 3.63) is 29.8 Å². The average molecular weight is 298 g/mol. The van der Waals surface area contributed by atoms with Crippen LogP contribution in [0.15, 0.2) is 29.2 Å². The van der Waals surface area contributed by atoms with Crippen molar-refractivity contribution >= 4 is 10.0 Å². The molecule has 0 atom stereocenters. The number of rotatable bonds is 5. The Hall–Kier alpha value is -0.950. The molecule has 112 valence electrons. The molecule has 20 heavy (non-hydrogen) atoms. The van der Waals surface area contributed by atoms with Crippen molar-refractivity contribution in [2.45, 2.75) is 30.8 Å². The monoisotopic (exact) mass is 298 g/mol. The molecule has 0 amide bonds. The van der Waals surface area contributed by atoms with Gasteiger partial charge in [0.15, 0.2) is 0 Å². The number of benzene rings is 1. The highest BCUT2D eigenvalue weighted by Gasteiger charge is 2.29. The van der Waals surface area contributed by atoms with E-state index in [4.69, 9.17) is 10.5 Å². The Morgan fingerprint density at radius 2 is 1.85 bits per heavy atom. The van der Waals surface area contributed by atoms with Crippen LogP contribution in [0.3, 0.4) is 0 Å². The largest absolute Gasteiger partial charge is 0.377 e. The lowest BCUT2D eigenvalue weighted by atomic mass is 10.1. The molecule has 1 heterocycles. The predicted octanol–water partition coefficient (Wildman–Crippen LogP) is 1.12. The Morgan fingerprint density at radius 3 is 2.40 bits per heavy atom. The molecule has 2 N–H and O–H groups in total. The van der Waals surface area contributed by atoms with Gasteiger partial charge in [0.05, 0.1) is 17.6 Å². The summed E-state index contributed by atoms with van der Waals surface area (Å²) in [6.07, 6.45) is 1.58. The molecular weight excluding hydrogens is 276 g/mol. The Morgan fingerprint density at radius 1 is 1.25 bits per heavy atom. The lowest BCUT2D eigenvalue weighted by molar-refractivity contribution is 0.0257. The summed E-state index contributed by atoms with van der Waals surface area (Å²) in [7, 11) is -3.37. The van der Waals surface area contributed by atoms with Gasteiger partial charge in [0.1, 0.15) is 0 Å². The summed E-state index contributed by atoms with van der Waals surface area (Å²) in [6, 6.07) is 6.98. The van der Waals surface area contributed by atoms with Crippen LogP contribution in [0.5, 0.6) is 0 Å². The van der Waals surface area contributed by atoms with Gasteiger partial charge in [-0.2, -0.15) is 4.31 Å². The summed E-state index contributed by atoms with van der Waals surface area (Å²) >= 11 is 0. The van der Waals surface area contributed by atoms with E-state index in [9.17, 15) is 8.42 Å². The van der Waals surface area contributed by atoms with Crippen LogP contribution in [0.1, 0.15) is 18.4 Å². The molecular formula is C14H22N2O3S. The van der Waals surface area contributed by atoms with Crippen molar-refractivity contribution in [3.8, 4) is 0 Å². The van der Waals surface area contributed by atoms with E-state index < -0.39 is 10.0 Å². The number of ether oxygens (including phenoxy) is 1. The van der Waals surface area contributed by atoms with E-state index in [1.165, 1.54) is 0 Å². The number of sulfonamides is 1. The third kappa shape index (κ3) is 3.58. The standard InChI is InChI=1S/C14H22N2O3S/c1-12-2-4-14(5-3-12)20(17,18)16-9-6-13(7-10-16)19-11-8-15/h2-5,13H,6-11,15H2,1H3. The molecule has 0 aromatic heterocycles. The Balaban J connectivity index is 2.00. The summed E-state index contributed by atoms with van der Waals surface area (Å²) in [5, 5.41) is 0. The normalized spacial score (nSPS) is 18.3. The van der Waals surface area contributed by atoms with Crippen molar-refractivity contribution in [1.82, 2.24) is 4.31 Å². The molecule has 5 nitrogen and oxygen atoms in total. The number of hydrogen-bond acceptors (Lipinski definition) is 4. The minimum Gasteiger partial charge on any atom is -0.377 e. The molecule has 1 aromatic carbocycles. The van der Waals surface area contributed by atoms with E-state index in [2.05, 4.69) is 0 Å². The van der Waals surface area contributed by atoms with Crippen LogP contribution in [-0.4, -0.2) is 45.1 Å². The molecule has 6 heteroatoms. The Bertz CT molecular complexity index is 520. The molecule has 0 saturated carbocycles. The zero-order chi connectivity index (χ0) is 14.6. The van der Waals surface area contributed by atoms with Gasteiger partial charge >= 0.3 is 0 Å². The molecule has 1 aromatic rings. The average Bonchev–Trinajstić information content (AvgIpc) is 2.46. The first-order chi connectivity index (χ1) is 9.54. The van der Waals surface area contributed by atoms with E-state index >= 15 is 0 Å². The quantitative estimate of drug-likeness (QED) is 0.884. The molecule has 2 rings (SSSR count). The fraction of sp³-hybridized carbons (Fsp3) is 0.571. The van der Waals surface area contributed by atoms with Crippen molar-refractivity contribution < 1.29 is 13.2 Å². The van der Waals surface area contributed by atoms with Crippen LogP contribution in [0.2, 0.25) is 0 Å². The fourth-order valence-corrected chi connectivity index (χ4v) is 3.80. The van der Waals surface area contributed by atoms with Gasteiger partial charge in [-0.1, -0.05) is 17.7 Å². The van der Waals surface area contributed by atoms with Gasteiger partial charge in [0.2, 0.25) is 10.0 Å². The van der Waals surface area contributed by atoms with E-state index in [1.807, 2.05) is 19.1 Å². The highest BCUT2D eigenvalue weighted by Crippen LogP contribution is 2.22. The molecule has 1 saturated heterocycles. The second-order valence-electron chi connectivity index (χ2n) is 5.08. The predicted molar refractivity (Wildman–Crippen MR) is 78.0 cm³/mol. The van der Waals surface area contributed by atoms with Crippen LogP contribution in [-0.2, 0) is 14.8 Å². The molecule has 0 unspecified atom stereocenters. The maximum atomic E-state index is 12.5. The summed E-state index contributed by atoms with van der Waals surface area (Å²) < 4.78 is 32.1. The number of hydrogen-bond donors (Lipinski definition) is 1. The number of nitrogens with two attached hydrogens (primary N) is 1. The summed E-state index contributed by atoms with van der Waals surface area (Å²) in [5.41, 5.74) is 6.45. The first-order valence-corrected chi connectivity index (χ1v) is 8.36. The van der Waals surface area contributed by atoms with Crippen molar-refractivity contribution in [1.29, 1.82) is 0 Å². The molecule has 1 fully saturated rings. The first kappa shape index (κ1) is 15.4. The van der Waals surface area contributed by atoms with E-state index in [1.54, 1.807) is 16.4 Å². The van der Waals surface area contributed by atoms with Crippen molar-refractivity contribution in [3.63, 3.8) is 0 Å². The maximum absolute atomic E-state index is 12.5. The fourth-order valence-electron chi connectivity index (χ4n) is 2.33. The zero-order valence-electron chi connectivity index (χ0n) is 11.8. The van der Waals surface area contributed by atoms with Gasteiger partial charge in [-0.3, -0.25) is 0 Å². The minimum absolute atomic E-state index is 0.128. The second kappa shape index (κ2) is 6.67. The van der Waals surface area contributed by atoms with Crippen LogP contribution < -0.4 is 5.73 Å². The highest BCUT2D eigenvalue weighted by atomic mass is 32.2. The van der Waals surface area contributed by atoms with E-state index in [0.29, 0.717) is 31.1 Å². The smallest absolute Gasteiger partial charge is 0.243 e. The topological polar surface area (TPSA) is 72.6 Å². The number of piperidine rings is 1. The number of aryl methyl sites for hydroxylation is 1. The molecule has 0 aliphatic carbocycles. The first-order valence-electron chi connectivity index (χ1n) is 6.92. The van der Waals surface area contributed by atoms with Crippen molar-refractivity contribution in [2.75, 3.05) is 26.2 Å². The SMILES string of the molecule is Cc1ccc(S(=O)(=O)N2CCC(OCCN)CC2)cc1. The minimum atomic E-state index is -3.37. The molecule has 1 aliphatic rings. The van der Waals surface area contributed by atoms with Gasteiger partial charge < -0.3 is 10.5 Å². The molecule has 0 bridgehead atoms. The Labute approximate surface area is 120 Å². The third-order valence-electron chi connectivity index (χ3n) is 3.53. The van der Waals surface area contributed by atoms with Gasteiger partial charge in [-0.05, 0) is 31.9 Å². The molecule has 0 radical (unpaired) electrons. The number of nitrogens with zero attached hydrogens (tertiary/aromatic N) is 1. The van der Waals surface area contributed by atoms with E-state index in [-0.39, 0.29) is 6.10 Å². The van der Waals surface area contributed by atoms with Gasteiger partial charge in [0, 0.05) is 19.6 Å². The van der Waals surface area contributed by atoms with Crippen LogP contribution >= 0.6 is 0 Å². The molecule has 1 aliphatic heterocycles.